The number of methoxy groups -OCH3 is 2. The van der Waals surface area contributed by atoms with Crippen LogP contribution in [0.1, 0.15) is 32.4 Å². The summed E-state index contributed by atoms with van der Waals surface area (Å²) in [5, 5.41) is 3.94. The number of hydrogen-bond donors (Lipinski definition) is 3. The van der Waals surface area contributed by atoms with Crippen molar-refractivity contribution in [3.05, 3.63) is 23.9 Å². The van der Waals surface area contributed by atoms with E-state index in [0.29, 0.717) is 18.9 Å². The predicted octanol–water partition coefficient (Wildman–Crippen LogP) is 3.03. The third-order valence-corrected chi connectivity index (χ3v) is 4.17. The highest BCUT2D eigenvalue weighted by Crippen LogP contribution is 2.31. The molecule has 1 aromatic heterocycles. The number of carbonyl (C=O) groups excluding carboxylic acids is 1. The van der Waals surface area contributed by atoms with Crippen LogP contribution in [-0.2, 0) is 11.2 Å². The Balaban J connectivity index is 0.00000338. The van der Waals surface area contributed by atoms with Crippen molar-refractivity contribution in [3.8, 4) is 11.5 Å². The topological polar surface area (TPSA) is 89.4 Å². The Morgan fingerprint density at radius 2 is 1.96 bits per heavy atom. The van der Waals surface area contributed by atoms with Crippen molar-refractivity contribution >= 4 is 29.2 Å². The van der Waals surface area contributed by atoms with Gasteiger partial charge >= 0.3 is 0 Å². The molecule has 7 heteroatoms. The highest BCUT2D eigenvalue weighted by atomic mass is 35.5. The van der Waals surface area contributed by atoms with Gasteiger partial charge in [-0.1, -0.05) is 13.8 Å². The normalized spacial score (nSPS) is 11.9. The Bertz CT molecular complexity index is 715. The van der Waals surface area contributed by atoms with Crippen LogP contribution in [0.5, 0.6) is 11.5 Å². The van der Waals surface area contributed by atoms with E-state index in [9.17, 15) is 4.79 Å². The Morgan fingerprint density at radius 1 is 1.23 bits per heavy atom. The lowest BCUT2D eigenvalue weighted by Crippen LogP contribution is -2.41. The van der Waals surface area contributed by atoms with Gasteiger partial charge in [-0.2, -0.15) is 0 Å². The number of H-pyrrole nitrogens is 1. The first-order valence-corrected chi connectivity index (χ1v) is 8.71. The molecule has 0 aliphatic carbocycles. The van der Waals surface area contributed by atoms with E-state index >= 15 is 0 Å². The number of carbonyl (C=O) groups is 1. The molecule has 1 amide bonds. The first-order chi connectivity index (χ1) is 11.9. The molecule has 0 saturated heterocycles. The van der Waals surface area contributed by atoms with Crippen LogP contribution in [-0.4, -0.2) is 37.7 Å². The summed E-state index contributed by atoms with van der Waals surface area (Å²) in [6, 6.07) is 5.48. The van der Waals surface area contributed by atoms with E-state index in [1.165, 1.54) is 0 Å². The second-order valence-corrected chi connectivity index (χ2v) is 6.72. The summed E-state index contributed by atoms with van der Waals surface area (Å²) in [6.45, 7) is 4.74. The third-order valence-electron chi connectivity index (χ3n) is 4.17. The molecule has 2 rings (SSSR count). The van der Waals surface area contributed by atoms with Gasteiger partial charge in [0, 0.05) is 29.8 Å². The summed E-state index contributed by atoms with van der Waals surface area (Å²) in [5.41, 5.74) is 7.96. The molecule has 0 saturated carbocycles. The van der Waals surface area contributed by atoms with Crippen LogP contribution in [0.15, 0.2) is 18.2 Å². The molecule has 0 bridgehead atoms. The minimum atomic E-state index is -0.426. The molecule has 1 atom stereocenters. The van der Waals surface area contributed by atoms with Crippen molar-refractivity contribution in [2.45, 2.75) is 39.2 Å². The van der Waals surface area contributed by atoms with Crippen molar-refractivity contribution in [1.82, 2.24) is 10.3 Å². The molecule has 1 heterocycles. The SMILES string of the molecule is COc1cc(OC)c2cc(CCCNC(=O)[C@@H](N)CC(C)C)[nH]c2c1.Cl. The molecule has 2 aromatic rings. The smallest absolute Gasteiger partial charge is 0.236 e. The van der Waals surface area contributed by atoms with Crippen LogP contribution in [0.25, 0.3) is 10.9 Å². The van der Waals surface area contributed by atoms with Crippen LogP contribution in [0.2, 0.25) is 0 Å². The fourth-order valence-electron chi connectivity index (χ4n) is 2.89. The number of rotatable bonds is 9. The van der Waals surface area contributed by atoms with E-state index in [1.54, 1.807) is 14.2 Å². The molecule has 0 radical (unpaired) electrons. The lowest BCUT2D eigenvalue weighted by atomic mass is 10.0. The zero-order valence-corrected chi connectivity index (χ0v) is 16.7. The van der Waals surface area contributed by atoms with Gasteiger partial charge < -0.3 is 25.5 Å². The summed E-state index contributed by atoms with van der Waals surface area (Å²) < 4.78 is 10.7. The molecular formula is C19H30ClN3O3. The molecule has 0 unspecified atom stereocenters. The van der Waals surface area contributed by atoms with E-state index in [4.69, 9.17) is 15.2 Å². The number of amides is 1. The van der Waals surface area contributed by atoms with Crippen molar-refractivity contribution in [2.24, 2.45) is 11.7 Å². The zero-order chi connectivity index (χ0) is 18.4. The number of fused-ring (bicyclic) bond motifs is 1. The van der Waals surface area contributed by atoms with Gasteiger partial charge in [-0.15, -0.1) is 12.4 Å². The third kappa shape index (κ3) is 5.81. The van der Waals surface area contributed by atoms with Crippen molar-refractivity contribution in [1.29, 1.82) is 0 Å². The predicted molar refractivity (Wildman–Crippen MR) is 107 cm³/mol. The Hall–Kier alpha value is -1.92. The second-order valence-electron chi connectivity index (χ2n) is 6.72. The summed E-state index contributed by atoms with van der Waals surface area (Å²) in [4.78, 5) is 15.3. The lowest BCUT2D eigenvalue weighted by molar-refractivity contribution is -0.122. The first-order valence-electron chi connectivity index (χ1n) is 8.71. The number of nitrogens with one attached hydrogen (secondary N) is 2. The average molecular weight is 384 g/mol. The van der Waals surface area contributed by atoms with Crippen molar-refractivity contribution in [2.75, 3.05) is 20.8 Å². The number of ether oxygens (including phenoxy) is 2. The molecule has 0 aliphatic rings. The molecule has 0 aliphatic heterocycles. The van der Waals surface area contributed by atoms with Crippen LogP contribution < -0.4 is 20.5 Å². The molecule has 4 N–H and O–H groups in total. The van der Waals surface area contributed by atoms with Gasteiger partial charge in [0.2, 0.25) is 5.91 Å². The largest absolute Gasteiger partial charge is 0.497 e. The highest BCUT2D eigenvalue weighted by molar-refractivity contribution is 5.88. The monoisotopic (exact) mass is 383 g/mol. The zero-order valence-electron chi connectivity index (χ0n) is 15.9. The number of hydrogen-bond acceptors (Lipinski definition) is 4. The molecule has 146 valence electrons. The molecular weight excluding hydrogens is 354 g/mol. The maximum atomic E-state index is 11.9. The van der Waals surface area contributed by atoms with Gasteiger partial charge in [-0.25, -0.2) is 0 Å². The fourth-order valence-corrected chi connectivity index (χ4v) is 2.89. The Kier molecular flexibility index (Phi) is 8.75. The molecule has 6 nitrogen and oxygen atoms in total. The summed E-state index contributed by atoms with van der Waals surface area (Å²) in [6.07, 6.45) is 2.38. The number of nitrogens with two attached hydrogens (primary N) is 1. The Labute approximate surface area is 161 Å². The molecule has 0 spiro atoms. The van der Waals surface area contributed by atoms with Crippen LogP contribution in [0.3, 0.4) is 0 Å². The summed E-state index contributed by atoms with van der Waals surface area (Å²) in [7, 11) is 3.29. The minimum absolute atomic E-state index is 0. The maximum absolute atomic E-state index is 11.9. The van der Waals surface area contributed by atoms with Gasteiger partial charge in [-0.05, 0) is 31.2 Å². The average Bonchev–Trinajstić information content (AvgIpc) is 2.99. The quantitative estimate of drug-likeness (QED) is 0.580. The van der Waals surface area contributed by atoms with E-state index in [-0.39, 0.29) is 18.3 Å². The molecule has 1 aromatic carbocycles. The summed E-state index contributed by atoms with van der Waals surface area (Å²) in [5.74, 6) is 1.88. The van der Waals surface area contributed by atoms with Gasteiger partial charge in [0.1, 0.15) is 11.5 Å². The van der Waals surface area contributed by atoms with Gasteiger partial charge in [0.05, 0.1) is 25.8 Å². The number of benzene rings is 1. The van der Waals surface area contributed by atoms with Crippen LogP contribution in [0, 0.1) is 5.92 Å². The standard InChI is InChI=1S/C19H29N3O3.ClH/c1-12(2)8-16(20)19(23)21-7-5-6-13-9-15-17(22-13)10-14(24-3)11-18(15)25-4;/h9-12,16,22H,5-8,20H2,1-4H3,(H,21,23);1H/t16-;/m0./s1. The van der Waals surface area contributed by atoms with Gasteiger partial charge in [-0.3, -0.25) is 4.79 Å². The lowest BCUT2D eigenvalue weighted by Gasteiger charge is -2.13. The van der Waals surface area contributed by atoms with Gasteiger partial charge in [0.25, 0.3) is 0 Å². The first kappa shape index (κ1) is 22.1. The maximum Gasteiger partial charge on any atom is 0.236 e. The Morgan fingerprint density at radius 3 is 2.58 bits per heavy atom. The van der Waals surface area contributed by atoms with Crippen molar-refractivity contribution in [3.63, 3.8) is 0 Å². The number of aromatic amines is 1. The van der Waals surface area contributed by atoms with Crippen LogP contribution in [0.4, 0.5) is 0 Å². The van der Waals surface area contributed by atoms with Crippen molar-refractivity contribution < 1.29 is 14.3 Å². The summed E-state index contributed by atoms with van der Waals surface area (Å²) >= 11 is 0. The van der Waals surface area contributed by atoms with Crippen LogP contribution >= 0.6 is 12.4 Å². The van der Waals surface area contributed by atoms with E-state index in [0.717, 1.165) is 40.9 Å². The fraction of sp³-hybridized carbons (Fsp3) is 0.526. The van der Waals surface area contributed by atoms with E-state index in [1.807, 2.05) is 12.1 Å². The minimum Gasteiger partial charge on any atom is -0.497 e. The van der Waals surface area contributed by atoms with E-state index in [2.05, 4.69) is 30.2 Å². The van der Waals surface area contributed by atoms with Gasteiger partial charge in [0.15, 0.2) is 0 Å². The number of aromatic nitrogens is 1. The molecule has 0 fully saturated rings. The molecule has 26 heavy (non-hydrogen) atoms. The second kappa shape index (κ2) is 10.3. The highest BCUT2D eigenvalue weighted by Gasteiger charge is 2.14. The van der Waals surface area contributed by atoms with E-state index < -0.39 is 6.04 Å². The number of aryl methyl sites for hydroxylation is 1. The number of halogens is 1.